The van der Waals surface area contributed by atoms with Crippen LogP contribution in [0.1, 0.15) is 40.3 Å². The Labute approximate surface area is 119 Å². The molecule has 0 aliphatic rings. The number of nitrogens with zero attached hydrogens (tertiary/aromatic N) is 1. The zero-order chi connectivity index (χ0) is 14.5. The normalized spacial score (nSPS) is 11.5. The molecule has 0 saturated carbocycles. The van der Waals surface area contributed by atoms with Gasteiger partial charge in [-0.05, 0) is 38.2 Å². The Balaban J connectivity index is 2.59. The molecule has 4 nitrogen and oxygen atoms in total. The number of aromatic nitrogens is 1. The van der Waals surface area contributed by atoms with Crippen molar-refractivity contribution in [3.05, 3.63) is 24.0 Å². The molecule has 1 aromatic heterocycles. The predicted molar refractivity (Wildman–Crippen MR) is 80.5 cm³/mol. The van der Waals surface area contributed by atoms with Crippen molar-refractivity contribution >= 4 is 23.5 Å². The molecule has 1 heterocycles. The van der Waals surface area contributed by atoms with Crippen LogP contribution in [0.5, 0.6) is 0 Å². The van der Waals surface area contributed by atoms with E-state index >= 15 is 0 Å². The summed E-state index contributed by atoms with van der Waals surface area (Å²) in [5, 5.41) is 3.28. The van der Waals surface area contributed by atoms with Crippen LogP contribution in [0, 0.1) is 0 Å². The molecule has 0 aliphatic heterocycles. The lowest BCUT2D eigenvalue weighted by Crippen LogP contribution is -2.27. The van der Waals surface area contributed by atoms with Crippen molar-refractivity contribution in [3.63, 3.8) is 0 Å². The fourth-order valence-corrected chi connectivity index (χ4v) is 1.97. The number of pyridine rings is 1. The summed E-state index contributed by atoms with van der Waals surface area (Å²) in [5.41, 5.74) is 1.17. The Morgan fingerprint density at radius 1 is 1.47 bits per heavy atom. The molecule has 5 heteroatoms. The number of amides is 1. The van der Waals surface area contributed by atoms with E-state index < -0.39 is 11.7 Å². The fraction of sp³-hybridized carbons (Fsp3) is 0.571. The van der Waals surface area contributed by atoms with Crippen molar-refractivity contribution in [2.24, 2.45) is 0 Å². The maximum atomic E-state index is 11.6. The first kappa shape index (κ1) is 15.8. The number of ether oxygens (including phenoxy) is 1. The standard InChI is InChI=1S/C14H22N2O2S/c1-10(2)19-9-12-8-11(6-7-15-12)16-13(17)18-14(3,4)5/h6-8,10H,9H2,1-5H3,(H,15,16,17). The highest BCUT2D eigenvalue weighted by Crippen LogP contribution is 2.18. The summed E-state index contributed by atoms with van der Waals surface area (Å²) in [6.45, 7) is 9.80. The van der Waals surface area contributed by atoms with E-state index in [1.54, 1.807) is 12.3 Å². The Hall–Kier alpha value is -1.23. The van der Waals surface area contributed by atoms with Crippen molar-refractivity contribution in [2.45, 2.75) is 51.2 Å². The highest BCUT2D eigenvalue weighted by Gasteiger charge is 2.16. The van der Waals surface area contributed by atoms with E-state index in [1.165, 1.54) is 0 Å². The van der Waals surface area contributed by atoms with Gasteiger partial charge in [-0.25, -0.2) is 4.79 Å². The van der Waals surface area contributed by atoms with Crippen molar-refractivity contribution in [1.82, 2.24) is 4.98 Å². The van der Waals surface area contributed by atoms with Gasteiger partial charge in [0.1, 0.15) is 5.60 Å². The van der Waals surface area contributed by atoms with E-state index in [1.807, 2.05) is 38.6 Å². The lowest BCUT2D eigenvalue weighted by molar-refractivity contribution is 0.0636. The molecule has 19 heavy (non-hydrogen) atoms. The van der Waals surface area contributed by atoms with Crippen LogP contribution in [0.4, 0.5) is 10.5 Å². The summed E-state index contributed by atoms with van der Waals surface area (Å²) in [6, 6.07) is 3.63. The van der Waals surface area contributed by atoms with Gasteiger partial charge in [-0.3, -0.25) is 10.3 Å². The number of carbonyl (C=O) groups is 1. The minimum atomic E-state index is -0.493. The third kappa shape index (κ3) is 7.06. The zero-order valence-corrected chi connectivity index (χ0v) is 13.0. The van der Waals surface area contributed by atoms with Gasteiger partial charge in [0.05, 0.1) is 5.69 Å². The van der Waals surface area contributed by atoms with E-state index in [-0.39, 0.29) is 0 Å². The second-order valence-corrected chi connectivity index (χ2v) is 7.09. The number of carbonyl (C=O) groups excluding carboxylic acids is 1. The van der Waals surface area contributed by atoms with Gasteiger partial charge in [0.25, 0.3) is 0 Å². The monoisotopic (exact) mass is 282 g/mol. The van der Waals surface area contributed by atoms with E-state index in [0.29, 0.717) is 10.9 Å². The Morgan fingerprint density at radius 2 is 2.16 bits per heavy atom. The van der Waals surface area contributed by atoms with Gasteiger partial charge in [-0.15, -0.1) is 0 Å². The van der Waals surface area contributed by atoms with Crippen LogP contribution in [-0.2, 0) is 10.5 Å². The van der Waals surface area contributed by atoms with E-state index in [2.05, 4.69) is 24.1 Å². The minimum absolute atomic E-state index is 0.443. The first-order chi connectivity index (χ1) is 8.76. The number of anilines is 1. The topological polar surface area (TPSA) is 51.2 Å². The summed E-state index contributed by atoms with van der Waals surface area (Å²) in [5.74, 6) is 0.835. The summed E-state index contributed by atoms with van der Waals surface area (Å²) in [6.07, 6.45) is 1.25. The minimum Gasteiger partial charge on any atom is -0.444 e. The third-order valence-electron chi connectivity index (χ3n) is 2.03. The van der Waals surface area contributed by atoms with Gasteiger partial charge in [0.15, 0.2) is 0 Å². The van der Waals surface area contributed by atoms with Gasteiger partial charge in [-0.1, -0.05) is 13.8 Å². The Morgan fingerprint density at radius 3 is 2.74 bits per heavy atom. The van der Waals surface area contributed by atoms with Crippen molar-refractivity contribution in [1.29, 1.82) is 0 Å². The first-order valence-corrected chi connectivity index (χ1v) is 7.37. The van der Waals surface area contributed by atoms with Gasteiger partial charge < -0.3 is 4.74 Å². The molecule has 0 atom stereocenters. The average Bonchev–Trinajstić information content (AvgIpc) is 2.24. The maximum absolute atomic E-state index is 11.6. The molecule has 0 spiro atoms. The molecule has 1 N–H and O–H groups in total. The van der Waals surface area contributed by atoms with E-state index in [4.69, 9.17) is 4.74 Å². The van der Waals surface area contributed by atoms with Gasteiger partial charge in [0.2, 0.25) is 0 Å². The zero-order valence-electron chi connectivity index (χ0n) is 12.2. The Kier molecular flexibility index (Phi) is 5.66. The van der Waals surface area contributed by atoms with Crippen molar-refractivity contribution in [3.8, 4) is 0 Å². The van der Waals surface area contributed by atoms with Gasteiger partial charge in [-0.2, -0.15) is 11.8 Å². The molecule has 0 aliphatic carbocycles. The average molecular weight is 282 g/mol. The van der Waals surface area contributed by atoms with E-state index in [9.17, 15) is 4.79 Å². The first-order valence-electron chi connectivity index (χ1n) is 6.33. The van der Waals surface area contributed by atoms with E-state index in [0.717, 1.165) is 11.4 Å². The van der Waals surface area contributed by atoms with Crippen LogP contribution < -0.4 is 5.32 Å². The molecule has 1 amide bonds. The molecule has 0 unspecified atom stereocenters. The second kappa shape index (κ2) is 6.80. The molecule has 1 aromatic rings. The summed E-state index contributed by atoms with van der Waals surface area (Å²) >= 11 is 1.82. The number of rotatable bonds is 4. The smallest absolute Gasteiger partial charge is 0.412 e. The van der Waals surface area contributed by atoms with Crippen LogP contribution in [-0.4, -0.2) is 21.9 Å². The molecule has 1 rings (SSSR count). The molecule has 0 radical (unpaired) electrons. The highest BCUT2D eigenvalue weighted by molar-refractivity contribution is 7.99. The van der Waals surface area contributed by atoms with Gasteiger partial charge >= 0.3 is 6.09 Å². The SMILES string of the molecule is CC(C)SCc1cc(NC(=O)OC(C)(C)C)ccn1. The number of hydrogen-bond donors (Lipinski definition) is 1. The van der Waals surface area contributed by atoms with Crippen LogP contribution in [0.3, 0.4) is 0 Å². The molecule has 0 bridgehead atoms. The number of thioether (sulfide) groups is 1. The van der Waals surface area contributed by atoms with Crippen molar-refractivity contribution < 1.29 is 9.53 Å². The lowest BCUT2D eigenvalue weighted by atomic mass is 10.2. The molecule has 0 saturated heterocycles. The lowest BCUT2D eigenvalue weighted by Gasteiger charge is -2.19. The highest BCUT2D eigenvalue weighted by atomic mass is 32.2. The Bertz CT molecular complexity index is 428. The third-order valence-corrected chi connectivity index (χ3v) is 3.16. The molecular formula is C14H22N2O2S. The maximum Gasteiger partial charge on any atom is 0.412 e. The summed E-state index contributed by atoms with van der Waals surface area (Å²) < 4.78 is 5.20. The molecule has 0 aromatic carbocycles. The summed E-state index contributed by atoms with van der Waals surface area (Å²) in [4.78, 5) is 15.9. The molecule has 106 valence electrons. The fourth-order valence-electron chi connectivity index (χ4n) is 1.31. The largest absolute Gasteiger partial charge is 0.444 e. The molecular weight excluding hydrogens is 260 g/mol. The molecule has 0 fully saturated rings. The van der Waals surface area contributed by atoms with Crippen LogP contribution >= 0.6 is 11.8 Å². The van der Waals surface area contributed by atoms with Crippen LogP contribution in [0.15, 0.2) is 18.3 Å². The number of nitrogens with one attached hydrogen (secondary N) is 1. The predicted octanol–water partition coefficient (Wildman–Crippen LogP) is 4.07. The van der Waals surface area contributed by atoms with Crippen LogP contribution in [0.25, 0.3) is 0 Å². The number of hydrogen-bond acceptors (Lipinski definition) is 4. The van der Waals surface area contributed by atoms with Gasteiger partial charge in [0, 0.05) is 17.6 Å². The second-order valence-electron chi connectivity index (χ2n) is 5.52. The van der Waals surface area contributed by atoms with Crippen molar-refractivity contribution in [2.75, 3.05) is 5.32 Å². The summed E-state index contributed by atoms with van der Waals surface area (Å²) in [7, 11) is 0. The quantitative estimate of drug-likeness (QED) is 0.904. The van der Waals surface area contributed by atoms with Crippen LogP contribution in [0.2, 0.25) is 0 Å².